The number of nitrogens with one attached hydrogen (secondary N) is 2. The van der Waals surface area contributed by atoms with Crippen LogP contribution in [0.15, 0.2) is 71.6 Å². The molecule has 0 amide bonds. The molecule has 31 heavy (non-hydrogen) atoms. The minimum atomic E-state index is -3.59. The summed E-state index contributed by atoms with van der Waals surface area (Å²) in [6.07, 6.45) is 3.89. The molecule has 0 heterocycles. The van der Waals surface area contributed by atoms with Crippen LogP contribution in [0.1, 0.15) is 44.2 Å². The Kier molecular flexibility index (Phi) is 8.00. The molecule has 1 aliphatic rings. The highest BCUT2D eigenvalue weighted by Crippen LogP contribution is 2.28. The first kappa shape index (κ1) is 24.0. The predicted molar refractivity (Wildman–Crippen MR) is 131 cm³/mol. The second-order valence-corrected chi connectivity index (χ2v) is 10.2. The molecule has 1 fully saturated rings. The Morgan fingerprint density at radius 1 is 0.903 bits per heavy atom. The molecule has 166 valence electrons. The van der Waals surface area contributed by atoms with E-state index in [1.54, 1.807) is 24.3 Å². The quantitative estimate of drug-likeness (QED) is 0.466. The number of benzene rings is 3. The minimum Gasteiger partial charge on any atom is -0.306 e. The smallest absolute Gasteiger partial charge is 0.240 e. The molecule has 0 bridgehead atoms. The highest BCUT2D eigenvalue weighted by Gasteiger charge is 2.30. The van der Waals surface area contributed by atoms with E-state index < -0.39 is 10.0 Å². The third kappa shape index (κ3) is 5.60. The first-order chi connectivity index (χ1) is 14.4. The molecule has 4 rings (SSSR count). The van der Waals surface area contributed by atoms with Crippen LogP contribution < -0.4 is 10.0 Å². The fraction of sp³-hybridized carbons (Fsp3) is 0.333. The molecule has 3 atom stereocenters. The van der Waals surface area contributed by atoms with Crippen molar-refractivity contribution in [3.05, 3.63) is 77.3 Å². The van der Waals surface area contributed by atoms with Crippen LogP contribution >= 0.6 is 24.0 Å². The highest BCUT2D eigenvalue weighted by molar-refractivity contribution is 7.89. The lowest BCUT2D eigenvalue weighted by molar-refractivity contribution is 0.291. The zero-order chi connectivity index (χ0) is 21.1. The first-order valence-corrected chi connectivity index (χ1v) is 12.3. The van der Waals surface area contributed by atoms with Gasteiger partial charge in [0.1, 0.15) is 0 Å². The van der Waals surface area contributed by atoms with Gasteiger partial charge in [0.15, 0.2) is 0 Å². The van der Waals surface area contributed by atoms with Crippen LogP contribution in [0, 0.1) is 0 Å². The van der Waals surface area contributed by atoms with Gasteiger partial charge in [-0.05, 0) is 60.4 Å². The summed E-state index contributed by atoms with van der Waals surface area (Å²) < 4.78 is 28.8. The van der Waals surface area contributed by atoms with E-state index in [1.165, 1.54) is 16.3 Å². The fourth-order valence-corrected chi connectivity index (χ4v) is 5.83. The molecule has 2 N–H and O–H groups in total. The Hall–Kier alpha value is -1.63. The van der Waals surface area contributed by atoms with Gasteiger partial charge in [-0.2, -0.15) is 0 Å². The van der Waals surface area contributed by atoms with Crippen molar-refractivity contribution in [2.45, 2.75) is 55.6 Å². The van der Waals surface area contributed by atoms with Gasteiger partial charge in [-0.3, -0.25) is 0 Å². The van der Waals surface area contributed by atoms with E-state index in [4.69, 9.17) is 11.6 Å². The van der Waals surface area contributed by atoms with Crippen LogP contribution in [0.2, 0.25) is 5.02 Å². The lowest BCUT2D eigenvalue weighted by Crippen LogP contribution is -2.52. The molecule has 0 aliphatic heterocycles. The Morgan fingerprint density at radius 2 is 1.55 bits per heavy atom. The highest BCUT2D eigenvalue weighted by atomic mass is 35.5. The molecule has 0 radical (unpaired) electrons. The van der Waals surface area contributed by atoms with E-state index in [1.807, 2.05) is 6.07 Å². The molecule has 0 saturated heterocycles. The third-order valence-electron chi connectivity index (χ3n) is 5.95. The normalized spacial score (nSPS) is 20.2. The number of sulfonamides is 1. The fourth-order valence-electron chi connectivity index (χ4n) is 4.39. The van der Waals surface area contributed by atoms with Crippen molar-refractivity contribution in [1.29, 1.82) is 0 Å². The van der Waals surface area contributed by atoms with Crippen molar-refractivity contribution in [3.63, 3.8) is 0 Å². The number of hydrogen-bond donors (Lipinski definition) is 2. The summed E-state index contributed by atoms with van der Waals surface area (Å²) in [6.45, 7) is 2.15. The second kappa shape index (κ2) is 10.3. The van der Waals surface area contributed by atoms with Crippen LogP contribution in [0.5, 0.6) is 0 Å². The Balaban J connectivity index is 0.00000272. The van der Waals surface area contributed by atoms with Crippen molar-refractivity contribution in [2.75, 3.05) is 0 Å². The van der Waals surface area contributed by atoms with Crippen molar-refractivity contribution in [3.8, 4) is 0 Å². The molecule has 7 heteroatoms. The van der Waals surface area contributed by atoms with Gasteiger partial charge in [0, 0.05) is 23.1 Å². The Labute approximate surface area is 195 Å². The molecule has 4 nitrogen and oxygen atoms in total. The lowest BCUT2D eigenvalue weighted by Gasteiger charge is -2.35. The van der Waals surface area contributed by atoms with Crippen LogP contribution in [0.4, 0.5) is 0 Å². The van der Waals surface area contributed by atoms with E-state index >= 15 is 0 Å². The van der Waals surface area contributed by atoms with Crippen LogP contribution in [0.3, 0.4) is 0 Å². The van der Waals surface area contributed by atoms with Crippen molar-refractivity contribution < 1.29 is 8.42 Å². The van der Waals surface area contributed by atoms with Crippen molar-refractivity contribution in [1.82, 2.24) is 10.0 Å². The number of hydrogen-bond acceptors (Lipinski definition) is 3. The van der Waals surface area contributed by atoms with Crippen LogP contribution in [-0.4, -0.2) is 20.5 Å². The van der Waals surface area contributed by atoms with E-state index in [9.17, 15) is 8.42 Å². The van der Waals surface area contributed by atoms with Crippen molar-refractivity contribution >= 4 is 44.8 Å². The summed E-state index contributed by atoms with van der Waals surface area (Å²) >= 11 is 5.91. The number of fused-ring (bicyclic) bond motifs is 1. The van der Waals surface area contributed by atoms with Gasteiger partial charge in [0.25, 0.3) is 0 Å². The molecule has 0 spiro atoms. The maximum absolute atomic E-state index is 12.9. The van der Waals surface area contributed by atoms with E-state index in [2.05, 4.69) is 53.4 Å². The zero-order valence-electron chi connectivity index (χ0n) is 17.4. The summed E-state index contributed by atoms with van der Waals surface area (Å²) in [5, 5.41) is 6.68. The van der Waals surface area contributed by atoms with Crippen molar-refractivity contribution in [2.24, 2.45) is 0 Å². The maximum Gasteiger partial charge on any atom is 0.240 e. The predicted octanol–water partition coefficient (Wildman–Crippen LogP) is 5.86. The van der Waals surface area contributed by atoms with Gasteiger partial charge in [-0.15, -0.1) is 12.4 Å². The summed E-state index contributed by atoms with van der Waals surface area (Å²) in [5.74, 6) is 0. The molecule has 2 unspecified atom stereocenters. The average molecular weight is 479 g/mol. The number of rotatable bonds is 6. The third-order valence-corrected chi connectivity index (χ3v) is 7.71. The monoisotopic (exact) mass is 478 g/mol. The summed E-state index contributed by atoms with van der Waals surface area (Å²) in [5.41, 5.74) is 1.23. The van der Waals surface area contributed by atoms with E-state index in [0.29, 0.717) is 5.02 Å². The molecule has 3 aromatic carbocycles. The SMILES string of the molecule is CC(N[C@H]1CCCCC1NS(=O)(=O)c1ccc(Cl)cc1)c1cccc2ccccc12.Cl. The maximum atomic E-state index is 12.9. The largest absolute Gasteiger partial charge is 0.306 e. The Bertz CT molecular complexity index is 1110. The first-order valence-electron chi connectivity index (χ1n) is 10.5. The molecule has 0 aromatic heterocycles. The summed E-state index contributed by atoms with van der Waals surface area (Å²) in [4.78, 5) is 0.248. The summed E-state index contributed by atoms with van der Waals surface area (Å²) in [6, 6.07) is 21.1. The molecular weight excluding hydrogens is 451 g/mol. The average Bonchev–Trinajstić information content (AvgIpc) is 2.75. The van der Waals surface area contributed by atoms with Gasteiger partial charge in [-0.1, -0.05) is 66.9 Å². The van der Waals surface area contributed by atoms with Gasteiger partial charge in [0.05, 0.1) is 4.90 Å². The Morgan fingerprint density at radius 3 is 2.29 bits per heavy atom. The van der Waals surface area contributed by atoms with Crippen LogP contribution in [0.25, 0.3) is 10.8 Å². The topological polar surface area (TPSA) is 58.2 Å². The summed E-state index contributed by atoms with van der Waals surface area (Å²) in [7, 11) is -3.59. The van der Waals surface area contributed by atoms with Crippen LogP contribution in [-0.2, 0) is 10.0 Å². The van der Waals surface area contributed by atoms with Gasteiger partial charge in [-0.25, -0.2) is 13.1 Å². The number of halogens is 2. The molecule has 3 aromatic rings. The molecular formula is C24H28Cl2N2O2S. The lowest BCUT2D eigenvalue weighted by atomic mass is 9.89. The standard InChI is InChI=1S/C24H27ClN2O2S.ClH/c1-17(21-10-6-8-18-7-2-3-9-22(18)21)26-23-11-4-5-12-24(23)27-30(28,29)20-15-13-19(25)14-16-20;/h2-3,6-10,13-17,23-24,26-27H,4-5,11-12H2,1H3;1H/t17?,23-,24?;/m0./s1. The van der Waals surface area contributed by atoms with E-state index in [0.717, 1.165) is 25.7 Å². The van der Waals surface area contributed by atoms with Gasteiger partial charge < -0.3 is 5.32 Å². The second-order valence-electron chi connectivity index (χ2n) is 8.03. The van der Waals surface area contributed by atoms with Gasteiger partial charge in [0.2, 0.25) is 10.0 Å². The molecule has 1 aliphatic carbocycles. The zero-order valence-corrected chi connectivity index (χ0v) is 19.8. The molecule has 1 saturated carbocycles. The van der Waals surface area contributed by atoms with Gasteiger partial charge >= 0.3 is 0 Å². The minimum absolute atomic E-state index is 0. The van der Waals surface area contributed by atoms with E-state index in [-0.39, 0.29) is 35.4 Å².